The molecule has 186 valence electrons. The smallest absolute Gasteiger partial charge is 0.251 e. The van der Waals surface area contributed by atoms with Crippen molar-refractivity contribution in [2.45, 2.75) is 51.2 Å². The summed E-state index contributed by atoms with van der Waals surface area (Å²) in [6.07, 6.45) is 4.15. The third-order valence-electron chi connectivity index (χ3n) is 6.07. The van der Waals surface area contributed by atoms with Crippen LogP contribution in [-0.4, -0.2) is 46.6 Å². The second-order valence-corrected chi connectivity index (χ2v) is 8.85. The predicted octanol–water partition coefficient (Wildman–Crippen LogP) is 2.65. The summed E-state index contributed by atoms with van der Waals surface area (Å²) in [5.74, 6) is 10.9. The Bertz CT molecular complexity index is 1190. The molecule has 0 aliphatic heterocycles. The number of hydrogen-bond acceptors (Lipinski definition) is 5. The molecule has 3 rings (SSSR count). The summed E-state index contributed by atoms with van der Waals surface area (Å²) in [5.41, 5.74) is 2.46. The second-order valence-electron chi connectivity index (χ2n) is 8.85. The lowest BCUT2D eigenvalue weighted by molar-refractivity contribution is -0.126. The van der Waals surface area contributed by atoms with Crippen LogP contribution in [0.1, 0.15) is 60.5 Å². The summed E-state index contributed by atoms with van der Waals surface area (Å²) >= 11 is 0. The highest BCUT2D eigenvalue weighted by molar-refractivity contribution is 5.98. The molecule has 4 N–H and O–H groups in total. The van der Waals surface area contributed by atoms with Crippen LogP contribution in [0, 0.1) is 29.6 Å². The minimum absolute atomic E-state index is 0.0384. The molecule has 0 heterocycles. The van der Waals surface area contributed by atoms with Gasteiger partial charge in [0.15, 0.2) is 5.78 Å². The van der Waals surface area contributed by atoms with Gasteiger partial charge in [-0.05, 0) is 79.6 Å². The van der Waals surface area contributed by atoms with Crippen molar-refractivity contribution < 1.29 is 24.6 Å². The Hall–Kier alpha value is -3.91. The Balaban J connectivity index is 1.50. The van der Waals surface area contributed by atoms with E-state index in [-0.39, 0.29) is 5.91 Å². The van der Waals surface area contributed by atoms with Crippen LogP contribution in [0.15, 0.2) is 48.5 Å². The third kappa shape index (κ3) is 8.09. The van der Waals surface area contributed by atoms with Gasteiger partial charge in [-0.25, -0.2) is 0 Å². The molecule has 2 atom stereocenters. The van der Waals surface area contributed by atoms with Crippen LogP contribution >= 0.6 is 0 Å². The molecule has 36 heavy (non-hydrogen) atoms. The van der Waals surface area contributed by atoms with Crippen LogP contribution in [0.2, 0.25) is 0 Å². The molecule has 2 aromatic rings. The highest BCUT2D eigenvalue weighted by Crippen LogP contribution is 2.30. The number of aliphatic hydroxyl groups excluding tert-OH is 2. The topological polar surface area (TPSA) is 116 Å². The molecule has 0 spiro atoms. The van der Waals surface area contributed by atoms with Crippen LogP contribution in [0.25, 0.3) is 0 Å². The highest BCUT2D eigenvalue weighted by atomic mass is 16.3. The molecule has 0 saturated heterocycles. The molecule has 1 saturated carbocycles. The minimum atomic E-state index is -1.18. The van der Waals surface area contributed by atoms with Crippen LogP contribution in [0.3, 0.4) is 0 Å². The van der Waals surface area contributed by atoms with Gasteiger partial charge in [0, 0.05) is 28.8 Å². The van der Waals surface area contributed by atoms with E-state index >= 15 is 0 Å². The number of aliphatic hydroxyl groups is 2. The summed E-state index contributed by atoms with van der Waals surface area (Å²) in [5, 5.41) is 24.0. The fraction of sp³-hybridized carbons (Fsp3) is 0.345. The van der Waals surface area contributed by atoms with Gasteiger partial charge < -0.3 is 20.8 Å². The molecule has 0 radical (unpaired) electrons. The molecule has 1 aliphatic rings. The zero-order chi connectivity index (χ0) is 25.9. The van der Waals surface area contributed by atoms with E-state index in [1.165, 1.54) is 26.2 Å². The van der Waals surface area contributed by atoms with Crippen molar-refractivity contribution in [2.75, 3.05) is 11.9 Å². The number of hydrogen-bond donors (Lipinski definition) is 4. The molecule has 1 aliphatic carbocycles. The van der Waals surface area contributed by atoms with Crippen molar-refractivity contribution in [3.8, 4) is 23.7 Å². The van der Waals surface area contributed by atoms with E-state index in [1.807, 2.05) is 24.3 Å². The lowest BCUT2D eigenvalue weighted by atomic mass is 9.82. The zero-order valence-corrected chi connectivity index (χ0v) is 20.2. The molecule has 2 aromatic carbocycles. The lowest BCUT2D eigenvalue weighted by Crippen LogP contribution is -2.48. The second kappa shape index (κ2) is 13.3. The Labute approximate surface area is 211 Å². The van der Waals surface area contributed by atoms with Crippen LogP contribution in [0.5, 0.6) is 0 Å². The molecule has 0 aromatic heterocycles. The Morgan fingerprint density at radius 2 is 1.56 bits per heavy atom. The molecule has 2 amide bonds. The first-order valence-corrected chi connectivity index (χ1v) is 12.0. The number of nitrogens with one attached hydrogen (secondary N) is 2. The van der Waals surface area contributed by atoms with E-state index < -0.39 is 30.4 Å². The Morgan fingerprint density at radius 1 is 0.972 bits per heavy atom. The molecular formula is C29H30N2O5. The maximum absolute atomic E-state index is 12.3. The standard InChI is InChI=1S/C29H30N2O5/c1-20(33)28(26(34)19-32)31-29(36)24-14-9-22(10-15-24)5-2-3-6-23-11-16-25(17-12-23)30-27(35)18-13-21-7-4-8-21/h9-12,14-17,20-21,28,32-33H,4,7-8,13,18-19H2,1H3,(H,30,35)(H,31,36)/t20-,28+/m1/s1. The van der Waals surface area contributed by atoms with Gasteiger partial charge in [-0.15, -0.1) is 0 Å². The van der Waals surface area contributed by atoms with Gasteiger partial charge in [-0.3, -0.25) is 14.4 Å². The van der Waals surface area contributed by atoms with Gasteiger partial charge >= 0.3 is 0 Å². The Kier molecular flexibility index (Phi) is 9.82. The van der Waals surface area contributed by atoms with E-state index in [0.29, 0.717) is 23.5 Å². The molecule has 0 bridgehead atoms. The van der Waals surface area contributed by atoms with Crippen molar-refractivity contribution in [2.24, 2.45) is 5.92 Å². The fourth-order valence-corrected chi connectivity index (χ4v) is 3.68. The van der Waals surface area contributed by atoms with Gasteiger partial charge in [0.1, 0.15) is 12.6 Å². The van der Waals surface area contributed by atoms with Crippen molar-refractivity contribution in [1.29, 1.82) is 0 Å². The van der Waals surface area contributed by atoms with Gasteiger partial charge in [-0.2, -0.15) is 0 Å². The summed E-state index contributed by atoms with van der Waals surface area (Å²) in [6.45, 7) is 0.592. The quantitative estimate of drug-likeness (QED) is 0.407. The van der Waals surface area contributed by atoms with E-state index in [0.717, 1.165) is 17.7 Å². The number of ketones is 1. The van der Waals surface area contributed by atoms with Gasteiger partial charge in [-0.1, -0.05) is 31.1 Å². The number of carbonyl (C=O) groups is 3. The third-order valence-corrected chi connectivity index (χ3v) is 6.07. The first kappa shape index (κ1) is 26.7. The summed E-state index contributed by atoms with van der Waals surface area (Å²) in [4.78, 5) is 36.0. The number of Topliss-reactive ketones (excluding diaryl/α,β-unsaturated/α-hetero) is 1. The Morgan fingerprint density at radius 3 is 2.06 bits per heavy atom. The summed E-state index contributed by atoms with van der Waals surface area (Å²) in [7, 11) is 0. The van der Waals surface area contributed by atoms with Crippen molar-refractivity contribution in [3.05, 3.63) is 65.2 Å². The largest absolute Gasteiger partial charge is 0.391 e. The molecule has 0 unspecified atom stereocenters. The van der Waals surface area contributed by atoms with Crippen LogP contribution in [-0.2, 0) is 9.59 Å². The van der Waals surface area contributed by atoms with Crippen molar-refractivity contribution in [1.82, 2.24) is 5.32 Å². The average molecular weight is 487 g/mol. The van der Waals surface area contributed by atoms with Gasteiger partial charge in [0.05, 0.1) is 6.10 Å². The molecule has 7 heteroatoms. The summed E-state index contributed by atoms with van der Waals surface area (Å²) in [6, 6.07) is 12.5. The van der Waals surface area contributed by atoms with Gasteiger partial charge in [0.2, 0.25) is 5.91 Å². The maximum atomic E-state index is 12.3. The molecule has 7 nitrogen and oxygen atoms in total. The number of anilines is 1. The number of rotatable bonds is 9. The van der Waals surface area contributed by atoms with Crippen LogP contribution < -0.4 is 10.6 Å². The van der Waals surface area contributed by atoms with E-state index in [2.05, 4.69) is 34.3 Å². The van der Waals surface area contributed by atoms with E-state index in [4.69, 9.17) is 5.11 Å². The average Bonchev–Trinajstić information content (AvgIpc) is 2.84. The molecule has 1 fully saturated rings. The fourth-order valence-electron chi connectivity index (χ4n) is 3.68. The monoisotopic (exact) mass is 486 g/mol. The maximum Gasteiger partial charge on any atom is 0.251 e. The van der Waals surface area contributed by atoms with Gasteiger partial charge in [0.25, 0.3) is 5.91 Å². The highest BCUT2D eigenvalue weighted by Gasteiger charge is 2.25. The predicted molar refractivity (Wildman–Crippen MR) is 137 cm³/mol. The van der Waals surface area contributed by atoms with E-state index in [9.17, 15) is 19.5 Å². The molecular weight excluding hydrogens is 456 g/mol. The SMILES string of the molecule is C[C@@H](O)[C@H](NC(=O)c1ccc(C#CC#Cc2ccc(NC(=O)CCC3CCC3)cc2)cc1)C(=O)CO. The number of amides is 2. The van der Waals surface area contributed by atoms with Crippen LogP contribution in [0.4, 0.5) is 5.69 Å². The minimum Gasteiger partial charge on any atom is -0.391 e. The van der Waals surface area contributed by atoms with Crippen molar-refractivity contribution in [3.63, 3.8) is 0 Å². The summed E-state index contributed by atoms with van der Waals surface area (Å²) < 4.78 is 0. The normalized spacial score (nSPS) is 14.1. The van der Waals surface area contributed by atoms with E-state index in [1.54, 1.807) is 24.3 Å². The lowest BCUT2D eigenvalue weighted by Gasteiger charge is -2.24. The first-order valence-electron chi connectivity index (χ1n) is 12.0. The first-order chi connectivity index (χ1) is 17.4. The van der Waals surface area contributed by atoms with Crippen molar-refractivity contribution >= 4 is 23.3 Å². The number of benzene rings is 2. The zero-order valence-electron chi connectivity index (χ0n) is 20.2. The number of carbonyl (C=O) groups excluding carboxylic acids is 3.